The standard InChI is InChI=1S/C13H14F3N3O.C12H11F3O2/c1-6(2)8-4-7(3)9(11(20)19-12(17)18)5-10(8)13(14,15)16;1-6(2)8-4-7(3)9(11(16)17)5-10(8)12(13,14)15/h4-5H,1H2,2-3H3,(H4,17,18,19,20);4-5H,1H2,2-3H3,(H,16,17). The number of guanidine groups is 1. The Kier molecular flexibility index (Phi) is 9.46. The van der Waals surface area contributed by atoms with Crippen molar-refractivity contribution < 1.29 is 41.0 Å². The van der Waals surface area contributed by atoms with Crippen LogP contribution in [0.5, 0.6) is 0 Å². The van der Waals surface area contributed by atoms with Crippen LogP contribution in [0.2, 0.25) is 0 Å². The molecule has 37 heavy (non-hydrogen) atoms. The van der Waals surface area contributed by atoms with Gasteiger partial charge in [0.15, 0.2) is 5.96 Å². The van der Waals surface area contributed by atoms with Crippen molar-refractivity contribution in [3.05, 3.63) is 81.9 Å². The van der Waals surface area contributed by atoms with Crippen molar-refractivity contribution in [3.63, 3.8) is 0 Å². The third-order valence-corrected chi connectivity index (χ3v) is 4.95. The van der Waals surface area contributed by atoms with Gasteiger partial charge in [-0.25, -0.2) is 4.79 Å². The molecular weight excluding hydrogens is 504 g/mol. The van der Waals surface area contributed by atoms with Crippen molar-refractivity contribution >= 4 is 29.0 Å². The van der Waals surface area contributed by atoms with Crippen LogP contribution < -0.4 is 11.5 Å². The third kappa shape index (κ3) is 7.95. The number of hydrogen-bond acceptors (Lipinski definition) is 2. The Morgan fingerprint density at radius 3 is 1.41 bits per heavy atom. The predicted molar refractivity (Wildman–Crippen MR) is 129 cm³/mol. The zero-order valence-electron chi connectivity index (χ0n) is 20.4. The van der Waals surface area contributed by atoms with Gasteiger partial charge in [0.2, 0.25) is 0 Å². The molecule has 5 N–H and O–H groups in total. The van der Waals surface area contributed by atoms with E-state index in [0.29, 0.717) is 11.6 Å². The molecular formula is C25H25F6N3O3. The van der Waals surface area contributed by atoms with Gasteiger partial charge in [-0.05, 0) is 62.1 Å². The number of carboxylic acids is 1. The summed E-state index contributed by atoms with van der Waals surface area (Å²) in [5, 5.41) is 8.80. The largest absolute Gasteiger partial charge is 0.478 e. The molecule has 2 rings (SSSR count). The number of carbonyl (C=O) groups is 2. The van der Waals surface area contributed by atoms with Crippen LogP contribution in [-0.4, -0.2) is 22.9 Å². The number of aryl methyl sites for hydroxylation is 2. The van der Waals surface area contributed by atoms with E-state index in [1.54, 1.807) is 0 Å². The highest BCUT2D eigenvalue weighted by Crippen LogP contribution is 2.37. The first-order valence-corrected chi connectivity index (χ1v) is 10.3. The number of allylic oxidation sites excluding steroid dienone is 2. The van der Waals surface area contributed by atoms with E-state index >= 15 is 0 Å². The summed E-state index contributed by atoms with van der Waals surface area (Å²) in [6, 6.07) is 3.85. The summed E-state index contributed by atoms with van der Waals surface area (Å²) in [5.41, 5.74) is 8.65. The number of nitrogens with two attached hydrogens (primary N) is 2. The van der Waals surface area contributed by atoms with E-state index in [2.05, 4.69) is 18.2 Å². The Balaban J connectivity index is 0.000000375. The summed E-state index contributed by atoms with van der Waals surface area (Å²) in [4.78, 5) is 25.7. The Morgan fingerprint density at radius 2 is 1.11 bits per heavy atom. The summed E-state index contributed by atoms with van der Waals surface area (Å²) in [5.74, 6) is -2.80. The van der Waals surface area contributed by atoms with Gasteiger partial charge in [-0.1, -0.05) is 36.4 Å². The molecule has 1 amide bonds. The quantitative estimate of drug-likeness (QED) is 0.247. The van der Waals surface area contributed by atoms with Crippen molar-refractivity contribution in [1.29, 1.82) is 0 Å². The lowest BCUT2D eigenvalue weighted by atomic mass is 9.95. The summed E-state index contributed by atoms with van der Waals surface area (Å²) in [6.45, 7) is 12.8. The van der Waals surface area contributed by atoms with Crippen molar-refractivity contribution in [2.24, 2.45) is 16.5 Å². The molecule has 0 bridgehead atoms. The van der Waals surface area contributed by atoms with Crippen molar-refractivity contribution in [3.8, 4) is 0 Å². The van der Waals surface area contributed by atoms with Crippen LogP contribution in [0, 0.1) is 13.8 Å². The molecule has 0 spiro atoms. The molecule has 0 fully saturated rings. The summed E-state index contributed by atoms with van der Waals surface area (Å²) in [7, 11) is 0. The van der Waals surface area contributed by atoms with E-state index in [1.807, 2.05) is 0 Å². The van der Waals surface area contributed by atoms with E-state index in [1.165, 1.54) is 39.8 Å². The minimum atomic E-state index is -4.60. The highest BCUT2D eigenvalue weighted by molar-refractivity contribution is 6.03. The number of halogens is 6. The lowest BCUT2D eigenvalue weighted by molar-refractivity contribution is -0.138. The Labute approximate surface area is 209 Å². The number of rotatable bonds is 4. The van der Waals surface area contributed by atoms with Crippen LogP contribution >= 0.6 is 0 Å². The van der Waals surface area contributed by atoms with Crippen LogP contribution in [0.1, 0.15) is 67.9 Å². The highest BCUT2D eigenvalue weighted by Gasteiger charge is 2.35. The van der Waals surface area contributed by atoms with Crippen LogP contribution in [-0.2, 0) is 12.4 Å². The number of alkyl halides is 6. The van der Waals surface area contributed by atoms with Gasteiger partial charge in [-0.15, -0.1) is 0 Å². The molecule has 6 nitrogen and oxygen atoms in total. The van der Waals surface area contributed by atoms with E-state index in [9.17, 15) is 35.9 Å². The number of hydrogen-bond donors (Lipinski definition) is 3. The molecule has 0 atom stereocenters. The van der Waals surface area contributed by atoms with Gasteiger partial charge in [-0.2, -0.15) is 31.3 Å². The van der Waals surface area contributed by atoms with Crippen LogP contribution in [0.4, 0.5) is 26.3 Å². The Morgan fingerprint density at radius 1 is 0.757 bits per heavy atom. The average molecular weight is 529 g/mol. The normalized spacial score (nSPS) is 11.2. The fraction of sp³-hybridized carbons (Fsp3) is 0.240. The monoisotopic (exact) mass is 529 g/mol. The maximum Gasteiger partial charge on any atom is 0.417 e. The third-order valence-electron chi connectivity index (χ3n) is 4.95. The first-order valence-electron chi connectivity index (χ1n) is 10.3. The molecule has 0 saturated heterocycles. The van der Waals surface area contributed by atoms with Gasteiger partial charge in [0.1, 0.15) is 0 Å². The zero-order chi connectivity index (χ0) is 29.0. The molecule has 0 aliphatic carbocycles. The van der Waals surface area contributed by atoms with E-state index in [-0.39, 0.29) is 39.0 Å². The van der Waals surface area contributed by atoms with Crippen LogP contribution in [0.3, 0.4) is 0 Å². The molecule has 0 aliphatic heterocycles. The second-order valence-corrected chi connectivity index (χ2v) is 8.13. The van der Waals surface area contributed by atoms with Gasteiger partial charge in [-0.3, -0.25) is 4.79 Å². The highest BCUT2D eigenvalue weighted by atomic mass is 19.4. The Bertz CT molecular complexity index is 1290. The summed E-state index contributed by atoms with van der Waals surface area (Å²) < 4.78 is 77.3. The second-order valence-electron chi connectivity index (χ2n) is 8.13. The topological polar surface area (TPSA) is 119 Å². The number of benzene rings is 2. The van der Waals surface area contributed by atoms with Gasteiger partial charge < -0.3 is 16.6 Å². The lowest BCUT2D eigenvalue weighted by Gasteiger charge is -2.15. The molecule has 12 heteroatoms. The number of amides is 1. The molecule has 2 aromatic carbocycles. The number of aliphatic imine (C=N–C) groups is 1. The lowest BCUT2D eigenvalue weighted by Crippen LogP contribution is -2.24. The molecule has 0 heterocycles. The predicted octanol–water partition coefficient (Wildman–Crippen LogP) is 6.21. The number of aromatic carboxylic acids is 1. The van der Waals surface area contributed by atoms with Gasteiger partial charge in [0, 0.05) is 5.56 Å². The van der Waals surface area contributed by atoms with Crippen LogP contribution in [0.25, 0.3) is 11.1 Å². The smallest absolute Gasteiger partial charge is 0.417 e. The minimum Gasteiger partial charge on any atom is -0.478 e. The van der Waals surface area contributed by atoms with Gasteiger partial charge in [0.25, 0.3) is 5.91 Å². The van der Waals surface area contributed by atoms with Crippen molar-refractivity contribution in [2.75, 3.05) is 0 Å². The SMILES string of the molecule is C=C(C)c1cc(C)c(C(=O)N=C(N)N)cc1C(F)(F)F.C=C(C)c1cc(C)c(C(=O)O)cc1C(F)(F)F. The molecule has 0 saturated carbocycles. The maximum atomic E-state index is 13.0. The van der Waals surface area contributed by atoms with Crippen LogP contribution in [0.15, 0.2) is 42.4 Å². The fourth-order valence-electron chi connectivity index (χ4n) is 3.23. The first kappa shape index (κ1) is 30.9. The van der Waals surface area contributed by atoms with Gasteiger partial charge in [0.05, 0.1) is 16.7 Å². The number of carbonyl (C=O) groups excluding carboxylic acids is 1. The molecule has 200 valence electrons. The molecule has 0 aromatic heterocycles. The van der Waals surface area contributed by atoms with E-state index in [4.69, 9.17) is 16.6 Å². The van der Waals surface area contributed by atoms with Crippen molar-refractivity contribution in [2.45, 2.75) is 40.0 Å². The van der Waals surface area contributed by atoms with E-state index < -0.39 is 41.3 Å². The first-order chi connectivity index (χ1) is 16.7. The summed E-state index contributed by atoms with van der Waals surface area (Å²) >= 11 is 0. The fourth-order valence-corrected chi connectivity index (χ4v) is 3.23. The summed E-state index contributed by atoms with van der Waals surface area (Å²) in [6.07, 6.45) is -9.19. The molecule has 0 radical (unpaired) electrons. The van der Waals surface area contributed by atoms with Crippen molar-refractivity contribution in [1.82, 2.24) is 0 Å². The number of nitrogens with zero attached hydrogens (tertiary/aromatic N) is 1. The number of carboxylic acid groups (broad SMARTS) is 1. The maximum absolute atomic E-state index is 13.0. The average Bonchev–Trinajstić information content (AvgIpc) is 2.70. The zero-order valence-corrected chi connectivity index (χ0v) is 20.4. The van der Waals surface area contributed by atoms with E-state index in [0.717, 1.165) is 6.07 Å². The molecule has 0 unspecified atom stereocenters. The minimum absolute atomic E-state index is 0.0590. The second kappa shape index (κ2) is 11.3. The molecule has 2 aromatic rings. The molecule has 0 aliphatic rings. The van der Waals surface area contributed by atoms with Gasteiger partial charge >= 0.3 is 18.3 Å². The Hall–Kier alpha value is -4.09.